The summed E-state index contributed by atoms with van der Waals surface area (Å²) in [6.45, 7) is 12.1. The molecule has 0 aromatic heterocycles. The average Bonchev–Trinajstić information content (AvgIpc) is 3.01. The largest absolute Gasteiger partial charge is 0.300 e. The van der Waals surface area contributed by atoms with Gasteiger partial charge in [-0.1, -0.05) is 92.9 Å². The maximum absolute atomic E-state index is 12.9. The maximum atomic E-state index is 12.9. The predicted molar refractivity (Wildman–Crippen MR) is 173 cm³/mol. The van der Waals surface area contributed by atoms with Gasteiger partial charge in [0.25, 0.3) is 0 Å². The molecule has 1 aliphatic carbocycles. The topological polar surface area (TPSA) is 53.2 Å². The van der Waals surface area contributed by atoms with E-state index in [1.165, 1.54) is 22.3 Å². The molecule has 0 radical (unpaired) electrons. The molecule has 0 saturated carbocycles. The van der Waals surface area contributed by atoms with Crippen molar-refractivity contribution < 1.29 is 4.79 Å². The number of carbonyl (C=O) groups excluding carboxylic acids is 1. The van der Waals surface area contributed by atoms with Gasteiger partial charge in [0.1, 0.15) is 5.78 Å². The SMILES string of the molecule is C=C/C(C)=C(/CCCc1ccc(CC(CC(=O)CCc2ccccc2CC)C(=C)C#N)cc1)N=CC1=CCCC=C1. The first-order valence-electron chi connectivity index (χ1n) is 14.9. The summed E-state index contributed by atoms with van der Waals surface area (Å²) in [7, 11) is 0. The van der Waals surface area contributed by atoms with Crippen molar-refractivity contribution in [2.45, 2.75) is 78.1 Å². The number of aliphatic imine (C=N–C) groups is 1. The number of rotatable bonds is 16. The lowest BCUT2D eigenvalue weighted by Gasteiger charge is -2.16. The second-order valence-electron chi connectivity index (χ2n) is 10.8. The summed E-state index contributed by atoms with van der Waals surface area (Å²) in [6, 6.07) is 19.1. The fourth-order valence-corrected chi connectivity index (χ4v) is 5.16. The first-order valence-corrected chi connectivity index (χ1v) is 14.9. The molecule has 212 valence electrons. The van der Waals surface area contributed by atoms with E-state index in [1.54, 1.807) is 0 Å². The van der Waals surface area contributed by atoms with Crippen LogP contribution in [0.5, 0.6) is 0 Å². The minimum atomic E-state index is -0.165. The highest BCUT2D eigenvalue weighted by atomic mass is 16.1. The van der Waals surface area contributed by atoms with Gasteiger partial charge in [-0.2, -0.15) is 5.26 Å². The Morgan fingerprint density at radius 1 is 1.05 bits per heavy atom. The number of hydrogen-bond donors (Lipinski definition) is 0. The van der Waals surface area contributed by atoms with E-state index in [9.17, 15) is 10.1 Å². The van der Waals surface area contributed by atoms with Crippen molar-refractivity contribution in [1.29, 1.82) is 5.26 Å². The van der Waals surface area contributed by atoms with Gasteiger partial charge in [-0.15, -0.1) is 0 Å². The van der Waals surface area contributed by atoms with Crippen LogP contribution in [0.4, 0.5) is 0 Å². The van der Waals surface area contributed by atoms with E-state index < -0.39 is 0 Å². The molecule has 2 aromatic rings. The van der Waals surface area contributed by atoms with Crippen molar-refractivity contribution >= 4 is 12.0 Å². The third-order valence-corrected chi connectivity index (χ3v) is 7.82. The summed E-state index contributed by atoms with van der Waals surface area (Å²) >= 11 is 0. The highest BCUT2D eigenvalue weighted by molar-refractivity contribution is 5.83. The minimum Gasteiger partial charge on any atom is -0.300 e. The lowest BCUT2D eigenvalue weighted by atomic mass is 9.87. The van der Waals surface area contributed by atoms with Crippen molar-refractivity contribution in [1.82, 2.24) is 0 Å². The Kier molecular flexibility index (Phi) is 13.0. The molecule has 3 rings (SSSR count). The molecule has 2 aromatic carbocycles. The Morgan fingerprint density at radius 3 is 2.44 bits per heavy atom. The molecule has 1 aliphatic rings. The molecule has 1 atom stereocenters. The predicted octanol–water partition coefficient (Wildman–Crippen LogP) is 9.21. The Hall–Kier alpha value is -4.03. The summed E-state index contributed by atoms with van der Waals surface area (Å²) in [5.41, 5.74) is 8.78. The number of ketones is 1. The Labute approximate surface area is 247 Å². The van der Waals surface area contributed by atoms with Crippen LogP contribution in [0.2, 0.25) is 0 Å². The molecule has 0 fully saturated rings. The van der Waals surface area contributed by atoms with E-state index in [4.69, 9.17) is 4.99 Å². The highest BCUT2D eigenvalue weighted by Crippen LogP contribution is 2.23. The molecule has 1 unspecified atom stereocenters. The third-order valence-electron chi connectivity index (χ3n) is 7.82. The zero-order chi connectivity index (χ0) is 29.5. The molecule has 0 spiro atoms. The van der Waals surface area contributed by atoms with Gasteiger partial charge in [0, 0.05) is 36.2 Å². The van der Waals surface area contributed by atoms with E-state index in [2.05, 4.69) is 87.7 Å². The zero-order valence-corrected chi connectivity index (χ0v) is 24.9. The lowest BCUT2D eigenvalue weighted by molar-refractivity contribution is -0.119. The molecular formula is C38H44N2O. The summed E-state index contributed by atoms with van der Waals surface area (Å²) in [5, 5.41) is 9.54. The Balaban J connectivity index is 1.53. The molecule has 3 nitrogen and oxygen atoms in total. The number of nitrogens with zero attached hydrogens (tertiary/aromatic N) is 2. The fourth-order valence-electron chi connectivity index (χ4n) is 5.16. The van der Waals surface area contributed by atoms with Gasteiger partial charge in [-0.25, -0.2) is 0 Å². The van der Waals surface area contributed by atoms with Crippen molar-refractivity contribution in [3.63, 3.8) is 0 Å². The van der Waals surface area contributed by atoms with Crippen molar-refractivity contribution in [3.8, 4) is 6.07 Å². The lowest BCUT2D eigenvalue weighted by Crippen LogP contribution is -2.14. The highest BCUT2D eigenvalue weighted by Gasteiger charge is 2.18. The summed E-state index contributed by atoms with van der Waals surface area (Å²) in [5.74, 6) is 0.0207. The molecule has 0 amide bonds. The Morgan fingerprint density at radius 2 is 1.78 bits per heavy atom. The molecule has 41 heavy (non-hydrogen) atoms. The van der Waals surface area contributed by atoms with Crippen LogP contribution in [-0.2, 0) is 30.5 Å². The molecular weight excluding hydrogens is 500 g/mol. The maximum Gasteiger partial charge on any atom is 0.133 e. The second-order valence-corrected chi connectivity index (χ2v) is 10.8. The number of benzene rings is 2. The Bertz CT molecular complexity index is 1360. The summed E-state index contributed by atoms with van der Waals surface area (Å²) in [4.78, 5) is 17.7. The normalized spacial score (nSPS) is 14.2. The molecule has 0 heterocycles. The quantitative estimate of drug-likeness (QED) is 0.120. The summed E-state index contributed by atoms with van der Waals surface area (Å²) in [6.07, 6.45) is 18.6. The van der Waals surface area contributed by atoms with E-state index in [1.807, 2.05) is 24.4 Å². The van der Waals surface area contributed by atoms with Crippen LogP contribution in [0.1, 0.15) is 74.6 Å². The van der Waals surface area contributed by atoms with Crippen LogP contribution < -0.4 is 0 Å². The number of nitriles is 1. The molecule has 3 heteroatoms. The molecule has 0 aliphatic heterocycles. The van der Waals surface area contributed by atoms with E-state index in [0.29, 0.717) is 24.8 Å². The number of Topliss-reactive ketones (excluding diaryl/α,β-unsaturated/α-hetero) is 1. The van der Waals surface area contributed by atoms with Gasteiger partial charge in [-0.3, -0.25) is 9.79 Å². The molecule has 0 bridgehead atoms. The van der Waals surface area contributed by atoms with Gasteiger partial charge in [0.05, 0.1) is 6.07 Å². The van der Waals surface area contributed by atoms with Gasteiger partial charge in [0.15, 0.2) is 0 Å². The zero-order valence-electron chi connectivity index (χ0n) is 24.9. The molecule has 0 N–H and O–H groups in total. The van der Waals surface area contributed by atoms with E-state index >= 15 is 0 Å². The van der Waals surface area contributed by atoms with Crippen molar-refractivity contribution in [3.05, 3.63) is 131 Å². The molecule has 0 saturated heterocycles. The first-order chi connectivity index (χ1) is 19.9. The van der Waals surface area contributed by atoms with Crippen molar-refractivity contribution in [2.75, 3.05) is 0 Å². The van der Waals surface area contributed by atoms with Gasteiger partial charge < -0.3 is 0 Å². The number of carbonyl (C=O) groups is 1. The number of hydrogen-bond acceptors (Lipinski definition) is 3. The van der Waals surface area contributed by atoms with E-state index in [-0.39, 0.29) is 11.7 Å². The van der Waals surface area contributed by atoms with Crippen molar-refractivity contribution in [2.24, 2.45) is 10.9 Å². The standard InChI is InChI=1S/C38H44N2O/c1-5-29(3)38(40-28-33-13-8-7-9-14-33)18-12-15-31-19-21-32(22-20-31)25-36(30(4)27-39)26-37(41)24-23-35-17-11-10-16-34(35)6-2/h5,8,10-11,13-14,16-17,19-22,28,36H,1,4,6-7,9,12,15,18,23-26H2,2-3H3/b38-29-,40-28?. The van der Waals surface area contributed by atoms with E-state index in [0.717, 1.165) is 61.8 Å². The monoisotopic (exact) mass is 544 g/mol. The van der Waals surface area contributed by atoms with Crippen LogP contribution in [0, 0.1) is 17.2 Å². The fraction of sp³-hybridized carbons (Fsp3) is 0.342. The van der Waals surface area contributed by atoms with Crippen LogP contribution in [-0.4, -0.2) is 12.0 Å². The number of aryl methyl sites for hydroxylation is 3. The first kappa shape index (κ1) is 31.5. The van der Waals surface area contributed by atoms with Gasteiger partial charge in [0.2, 0.25) is 0 Å². The summed E-state index contributed by atoms with van der Waals surface area (Å²) < 4.78 is 0. The van der Waals surface area contributed by atoms with Crippen LogP contribution >= 0.6 is 0 Å². The van der Waals surface area contributed by atoms with Crippen LogP contribution in [0.25, 0.3) is 0 Å². The van der Waals surface area contributed by atoms with Gasteiger partial charge >= 0.3 is 0 Å². The second kappa shape index (κ2) is 16.9. The smallest absolute Gasteiger partial charge is 0.133 e. The average molecular weight is 545 g/mol. The third kappa shape index (κ3) is 10.5. The number of allylic oxidation sites excluding steroid dienone is 8. The van der Waals surface area contributed by atoms with Gasteiger partial charge in [-0.05, 0) is 91.7 Å². The van der Waals surface area contributed by atoms with Crippen LogP contribution in [0.15, 0.2) is 113 Å². The minimum absolute atomic E-state index is 0.165. The van der Waals surface area contributed by atoms with Crippen LogP contribution in [0.3, 0.4) is 0 Å².